The topological polar surface area (TPSA) is 75.6 Å². The molecule has 0 aliphatic carbocycles. The van der Waals surface area contributed by atoms with Gasteiger partial charge in [0.1, 0.15) is 18.1 Å². The monoisotopic (exact) mass is 279 g/mol. The molecule has 0 spiro atoms. The van der Waals surface area contributed by atoms with Crippen LogP contribution < -0.4 is 10.1 Å². The van der Waals surface area contributed by atoms with Gasteiger partial charge in [0.05, 0.1) is 6.61 Å². The highest BCUT2D eigenvalue weighted by Crippen LogP contribution is 2.18. The van der Waals surface area contributed by atoms with E-state index in [4.69, 9.17) is 9.84 Å². The van der Waals surface area contributed by atoms with E-state index in [1.165, 1.54) is 0 Å². The highest BCUT2D eigenvalue weighted by Gasteiger charge is 2.12. The van der Waals surface area contributed by atoms with E-state index in [0.29, 0.717) is 24.4 Å². The van der Waals surface area contributed by atoms with Crippen LogP contribution in [-0.4, -0.2) is 24.1 Å². The fraction of sp³-hybridized carbons (Fsp3) is 0.467. The molecule has 1 aromatic rings. The Kier molecular flexibility index (Phi) is 6.56. The van der Waals surface area contributed by atoms with Crippen molar-refractivity contribution in [1.29, 1.82) is 0 Å². The van der Waals surface area contributed by atoms with Crippen molar-refractivity contribution in [2.45, 2.75) is 32.7 Å². The Balaban J connectivity index is 2.59. The molecule has 1 rings (SSSR count). The molecule has 0 saturated heterocycles. The van der Waals surface area contributed by atoms with Gasteiger partial charge in [0.25, 0.3) is 0 Å². The summed E-state index contributed by atoms with van der Waals surface area (Å²) in [5.41, 5.74) is 0.594. The van der Waals surface area contributed by atoms with Gasteiger partial charge in [-0.1, -0.05) is 32.4 Å². The molecule has 5 heteroatoms. The van der Waals surface area contributed by atoms with Crippen molar-refractivity contribution in [1.82, 2.24) is 5.32 Å². The van der Waals surface area contributed by atoms with Crippen molar-refractivity contribution in [3.05, 3.63) is 29.8 Å². The maximum atomic E-state index is 10.9. The van der Waals surface area contributed by atoms with Crippen LogP contribution in [-0.2, 0) is 4.79 Å². The fourth-order valence-corrected chi connectivity index (χ4v) is 1.91. The molecule has 1 aromatic carbocycles. The van der Waals surface area contributed by atoms with Crippen molar-refractivity contribution in [2.75, 3.05) is 6.61 Å². The van der Waals surface area contributed by atoms with Gasteiger partial charge < -0.3 is 20.0 Å². The molecule has 0 fully saturated rings. The first-order valence-corrected chi connectivity index (χ1v) is 6.74. The summed E-state index contributed by atoms with van der Waals surface area (Å²) in [5.74, 6) is 1.22. The number of rotatable bonds is 8. The Morgan fingerprint density at radius 2 is 2.05 bits per heavy atom. The third-order valence-corrected chi connectivity index (χ3v) is 2.97. The second-order valence-electron chi connectivity index (χ2n) is 4.84. The lowest BCUT2D eigenvalue weighted by Crippen LogP contribution is -2.27. The largest absolute Gasteiger partial charge is 0.493 e. The summed E-state index contributed by atoms with van der Waals surface area (Å²) < 4.78 is 5.64. The van der Waals surface area contributed by atoms with E-state index in [2.05, 4.69) is 19.2 Å². The molecule has 1 unspecified atom stereocenters. The average Bonchev–Trinajstić information content (AvgIpc) is 2.43. The predicted molar refractivity (Wildman–Crippen MR) is 76.0 cm³/mol. The number of amides is 1. The number of aldehydes is 1. The normalized spacial score (nSPS) is 13.3. The molecular formula is C15H21NO4. The van der Waals surface area contributed by atoms with E-state index in [9.17, 15) is 9.59 Å². The number of carbonyl (C=O) groups excluding carboxylic acids is 1. The number of nitrogens with one attached hydrogen (secondary N) is 1. The molecule has 110 valence electrons. The van der Waals surface area contributed by atoms with Crippen LogP contribution in [0.25, 0.3) is 0 Å². The molecule has 20 heavy (non-hydrogen) atoms. The molecule has 0 heterocycles. The van der Waals surface area contributed by atoms with Gasteiger partial charge in [-0.05, 0) is 30.0 Å². The van der Waals surface area contributed by atoms with Crippen molar-refractivity contribution >= 4 is 12.4 Å². The van der Waals surface area contributed by atoms with Gasteiger partial charge in [-0.3, -0.25) is 0 Å². The number of hydrogen-bond donors (Lipinski definition) is 2. The van der Waals surface area contributed by atoms with Crippen LogP contribution in [0.2, 0.25) is 0 Å². The molecule has 1 amide bonds. The molecule has 5 nitrogen and oxygen atoms in total. The Morgan fingerprint density at radius 1 is 1.40 bits per heavy atom. The minimum absolute atomic E-state index is 0.496. The highest BCUT2D eigenvalue weighted by atomic mass is 16.5. The number of ether oxygens (including phenoxy) is 1. The summed E-state index contributed by atoms with van der Waals surface area (Å²) in [7, 11) is 0. The maximum absolute atomic E-state index is 10.9. The minimum atomic E-state index is -1.23. The molecule has 2 atom stereocenters. The molecule has 0 saturated carbocycles. The first kappa shape index (κ1) is 16.0. The number of benzene rings is 1. The van der Waals surface area contributed by atoms with Gasteiger partial charge in [-0.25, -0.2) is 4.79 Å². The lowest BCUT2D eigenvalue weighted by Gasteiger charge is -2.14. The first-order chi connectivity index (χ1) is 9.56. The van der Waals surface area contributed by atoms with Gasteiger partial charge in [-0.2, -0.15) is 0 Å². The standard InChI is InChI=1S/C15H21NO4/c1-3-4-11(2)10-20-13-7-5-12(6-8-13)14(9-17)16-15(18)19/h5-9,11,14,16H,3-4,10H2,1-2H3,(H,18,19)/t11?,14-/m0/s1. The van der Waals surface area contributed by atoms with Crippen molar-refractivity contribution in [3.8, 4) is 5.75 Å². The van der Waals surface area contributed by atoms with Gasteiger partial charge in [-0.15, -0.1) is 0 Å². The van der Waals surface area contributed by atoms with Crippen LogP contribution in [0.4, 0.5) is 4.79 Å². The molecule has 0 aromatic heterocycles. The van der Waals surface area contributed by atoms with Crippen LogP contribution in [0.5, 0.6) is 5.75 Å². The van der Waals surface area contributed by atoms with Gasteiger partial charge in [0, 0.05) is 0 Å². The second-order valence-corrected chi connectivity index (χ2v) is 4.84. The number of carbonyl (C=O) groups is 2. The number of carboxylic acid groups (broad SMARTS) is 1. The third kappa shape index (κ3) is 5.30. The molecule has 0 aliphatic rings. The Labute approximate surface area is 118 Å². The summed E-state index contributed by atoms with van der Waals surface area (Å²) in [6.07, 6.45) is 1.59. The molecule has 0 bridgehead atoms. The van der Waals surface area contributed by atoms with E-state index in [0.717, 1.165) is 18.6 Å². The van der Waals surface area contributed by atoms with Crippen LogP contribution in [0.1, 0.15) is 38.3 Å². The Bertz CT molecular complexity index is 430. The summed E-state index contributed by atoms with van der Waals surface area (Å²) in [5, 5.41) is 10.8. The van der Waals surface area contributed by atoms with Gasteiger partial charge in [0.15, 0.2) is 0 Å². The average molecular weight is 279 g/mol. The predicted octanol–water partition coefficient (Wildman–Crippen LogP) is 3.01. The smallest absolute Gasteiger partial charge is 0.405 e. The van der Waals surface area contributed by atoms with E-state index in [1.807, 2.05) is 0 Å². The SMILES string of the molecule is CCCC(C)COc1ccc([C@H](C=O)NC(=O)O)cc1. The van der Waals surface area contributed by atoms with E-state index in [1.54, 1.807) is 24.3 Å². The zero-order valence-corrected chi connectivity index (χ0v) is 11.8. The van der Waals surface area contributed by atoms with Gasteiger partial charge in [0.2, 0.25) is 0 Å². The van der Waals surface area contributed by atoms with E-state index in [-0.39, 0.29) is 0 Å². The van der Waals surface area contributed by atoms with Crippen LogP contribution in [0.15, 0.2) is 24.3 Å². The molecule has 0 radical (unpaired) electrons. The first-order valence-electron chi connectivity index (χ1n) is 6.74. The summed E-state index contributed by atoms with van der Waals surface area (Å²) in [4.78, 5) is 21.4. The maximum Gasteiger partial charge on any atom is 0.405 e. The summed E-state index contributed by atoms with van der Waals surface area (Å²) in [6, 6.07) is 6.02. The van der Waals surface area contributed by atoms with Gasteiger partial charge >= 0.3 is 6.09 Å². The molecular weight excluding hydrogens is 258 g/mol. The quantitative estimate of drug-likeness (QED) is 0.717. The fourth-order valence-electron chi connectivity index (χ4n) is 1.91. The van der Waals surface area contributed by atoms with E-state index < -0.39 is 12.1 Å². The van der Waals surface area contributed by atoms with Crippen molar-refractivity contribution in [2.24, 2.45) is 5.92 Å². The number of hydrogen-bond acceptors (Lipinski definition) is 3. The Morgan fingerprint density at radius 3 is 2.55 bits per heavy atom. The lowest BCUT2D eigenvalue weighted by molar-refractivity contribution is -0.109. The van der Waals surface area contributed by atoms with Crippen molar-refractivity contribution in [3.63, 3.8) is 0 Å². The highest BCUT2D eigenvalue weighted by molar-refractivity contribution is 5.72. The van der Waals surface area contributed by atoms with Crippen LogP contribution >= 0.6 is 0 Å². The van der Waals surface area contributed by atoms with E-state index >= 15 is 0 Å². The van der Waals surface area contributed by atoms with Crippen molar-refractivity contribution < 1.29 is 19.4 Å². The molecule has 0 aliphatic heterocycles. The zero-order chi connectivity index (χ0) is 15.0. The summed E-state index contributed by atoms with van der Waals surface area (Å²) >= 11 is 0. The second kappa shape index (κ2) is 8.19. The third-order valence-electron chi connectivity index (χ3n) is 2.97. The lowest BCUT2D eigenvalue weighted by atomic mass is 10.1. The summed E-state index contributed by atoms with van der Waals surface area (Å²) in [6.45, 7) is 4.93. The zero-order valence-electron chi connectivity index (χ0n) is 11.8. The minimum Gasteiger partial charge on any atom is -0.493 e. The Hall–Kier alpha value is -2.04. The molecule has 2 N–H and O–H groups in total. The van der Waals surface area contributed by atoms with Crippen LogP contribution in [0.3, 0.4) is 0 Å². The van der Waals surface area contributed by atoms with Crippen LogP contribution in [0, 0.1) is 5.92 Å².